The Kier molecular flexibility index (Phi) is 7.15. The van der Waals surface area contributed by atoms with Crippen LogP contribution in [0.25, 0.3) is 5.69 Å². The molecule has 4 rings (SSSR count). The van der Waals surface area contributed by atoms with Gasteiger partial charge in [-0.1, -0.05) is 30.3 Å². The molecule has 1 aliphatic carbocycles. The summed E-state index contributed by atoms with van der Waals surface area (Å²) in [5, 5.41) is 7.09. The Hall–Kier alpha value is -3.81. The molecule has 1 unspecified atom stereocenters. The quantitative estimate of drug-likeness (QED) is 0.518. The lowest BCUT2D eigenvalue weighted by Crippen LogP contribution is -2.43. The van der Waals surface area contributed by atoms with Crippen molar-refractivity contribution < 1.29 is 23.5 Å². The number of nitrogens with one attached hydrogen (secondary N) is 1. The lowest BCUT2D eigenvalue weighted by atomic mass is 9.95. The number of ketones is 1. The fourth-order valence-corrected chi connectivity index (χ4v) is 4.14. The van der Waals surface area contributed by atoms with Crippen LogP contribution in [-0.4, -0.2) is 40.1 Å². The molecule has 0 radical (unpaired) electrons. The van der Waals surface area contributed by atoms with Gasteiger partial charge in [0.05, 0.1) is 11.7 Å². The number of fused-ring (bicyclic) bond motifs is 1. The van der Waals surface area contributed by atoms with Gasteiger partial charge in [-0.05, 0) is 68.9 Å². The molecular weight excluding hydrogens is 437 g/mol. The van der Waals surface area contributed by atoms with Crippen LogP contribution in [0.4, 0.5) is 4.39 Å². The lowest BCUT2D eigenvalue weighted by Gasteiger charge is -2.16. The van der Waals surface area contributed by atoms with Crippen LogP contribution in [0.15, 0.2) is 54.6 Å². The summed E-state index contributed by atoms with van der Waals surface area (Å²) in [7, 11) is 0. The maximum Gasteiger partial charge on any atom is 0.359 e. The third-order valence-corrected chi connectivity index (χ3v) is 5.89. The van der Waals surface area contributed by atoms with Crippen molar-refractivity contribution in [1.29, 1.82) is 0 Å². The van der Waals surface area contributed by atoms with E-state index >= 15 is 0 Å². The molecule has 1 aliphatic rings. The second kappa shape index (κ2) is 10.4. The maximum atomic E-state index is 13.4. The highest BCUT2D eigenvalue weighted by atomic mass is 19.1. The van der Waals surface area contributed by atoms with E-state index in [9.17, 15) is 18.8 Å². The Balaban J connectivity index is 1.44. The van der Waals surface area contributed by atoms with Crippen LogP contribution < -0.4 is 5.32 Å². The summed E-state index contributed by atoms with van der Waals surface area (Å²) in [6.45, 7) is 0.893. The monoisotopic (exact) mass is 463 g/mol. The average molecular weight is 464 g/mol. The number of amides is 1. The van der Waals surface area contributed by atoms with Crippen LogP contribution in [-0.2, 0) is 33.6 Å². The molecular formula is C26H26FN3O4. The third kappa shape index (κ3) is 5.39. The molecule has 3 aromatic rings. The standard InChI is InChI=1S/C26H26FN3O4/c1-17(31)22(15-18-7-3-2-4-8-18)28-24(32)16-34-26(33)25-21-9-5-6-10-23(21)30(29-25)20-13-11-19(27)12-14-20/h2-4,7-8,11-14,22H,5-6,9-10,15-16H2,1H3,(H,28,32). The molecule has 1 N–H and O–H groups in total. The predicted octanol–water partition coefficient (Wildman–Crippen LogP) is 3.36. The van der Waals surface area contributed by atoms with Gasteiger partial charge in [0, 0.05) is 11.3 Å². The largest absolute Gasteiger partial charge is 0.451 e. The number of aromatic nitrogens is 2. The van der Waals surface area contributed by atoms with E-state index in [4.69, 9.17) is 4.74 Å². The van der Waals surface area contributed by atoms with Crippen molar-refractivity contribution in [3.05, 3.63) is 82.9 Å². The molecule has 34 heavy (non-hydrogen) atoms. The zero-order valence-electron chi connectivity index (χ0n) is 18.9. The topological polar surface area (TPSA) is 90.3 Å². The first-order valence-electron chi connectivity index (χ1n) is 11.3. The summed E-state index contributed by atoms with van der Waals surface area (Å²) in [6.07, 6.45) is 3.66. The highest BCUT2D eigenvalue weighted by Gasteiger charge is 2.27. The summed E-state index contributed by atoms with van der Waals surface area (Å²) in [6, 6.07) is 14.5. The minimum absolute atomic E-state index is 0.166. The normalized spacial score (nSPS) is 13.6. The molecule has 2 aromatic carbocycles. The number of hydrogen-bond donors (Lipinski definition) is 1. The molecule has 0 spiro atoms. The van der Waals surface area contributed by atoms with E-state index in [2.05, 4.69) is 10.4 Å². The smallest absolute Gasteiger partial charge is 0.359 e. The Morgan fingerprint density at radius 1 is 1.06 bits per heavy atom. The first-order chi connectivity index (χ1) is 16.4. The van der Waals surface area contributed by atoms with Gasteiger partial charge in [0.15, 0.2) is 18.1 Å². The van der Waals surface area contributed by atoms with Crippen LogP contribution in [0.5, 0.6) is 0 Å². The molecule has 176 valence electrons. The van der Waals surface area contributed by atoms with Gasteiger partial charge in [0.2, 0.25) is 0 Å². The van der Waals surface area contributed by atoms with Gasteiger partial charge in [-0.3, -0.25) is 9.59 Å². The number of rotatable bonds is 8. The van der Waals surface area contributed by atoms with Gasteiger partial charge in [0.25, 0.3) is 5.91 Å². The van der Waals surface area contributed by atoms with Crippen molar-refractivity contribution in [2.45, 2.75) is 45.1 Å². The van der Waals surface area contributed by atoms with E-state index in [0.29, 0.717) is 18.5 Å². The zero-order chi connectivity index (χ0) is 24.1. The first kappa shape index (κ1) is 23.4. The first-order valence-corrected chi connectivity index (χ1v) is 11.3. The molecule has 0 fully saturated rings. The third-order valence-electron chi connectivity index (χ3n) is 5.89. The second-order valence-electron chi connectivity index (χ2n) is 8.37. The van der Waals surface area contributed by atoms with E-state index in [0.717, 1.165) is 36.1 Å². The number of hydrogen-bond acceptors (Lipinski definition) is 5. The number of benzene rings is 2. The van der Waals surface area contributed by atoms with Crippen molar-refractivity contribution in [3.63, 3.8) is 0 Å². The van der Waals surface area contributed by atoms with E-state index in [1.807, 2.05) is 30.3 Å². The van der Waals surface area contributed by atoms with E-state index < -0.39 is 24.5 Å². The number of carbonyl (C=O) groups is 3. The molecule has 1 aromatic heterocycles. The number of Topliss-reactive ketones (excluding diaryl/α,β-unsaturated/α-hetero) is 1. The minimum Gasteiger partial charge on any atom is -0.451 e. The zero-order valence-corrected chi connectivity index (χ0v) is 18.9. The molecule has 0 saturated carbocycles. The fraction of sp³-hybridized carbons (Fsp3) is 0.308. The maximum absolute atomic E-state index is 13.4. The van der Waals surface area contributed by atoms with Gasteiger partial charge in [0.1, 0.15) is 5.82 Å². The number of esters is 1. The number of ether oxygens (including phenoxy) is 1. The summed E-state index contributed by atoms with van der Waals surface area (Å²) in [4.78, 5) is 37.3. The molecule has 7 nitrogen and oxygen atoms in total. The average Bonchev–Trinajstić information content (AvgIpc) is 3.23. The highest BCUT2D eigenvalue weighted by molar-refractivity contribution is 5.92. The van der Waals surface area contributed by atoms with Crippen LogP contribution in [0.1, 0.15) is 47.1 Å². The van der Waals surface area contributed by atoms with Gasteiger partial charge in [-0.25, -0.2) is 13.9 Å². The Labute approximate surface area is 196 Å². The van der Waals surface area contributed by atoms with Crippen molar-refractivity contribution in [3.8, 4) is 5.69 Å². The van der Waals surface area contributed by atoms with E-state index in [1.165, 1.54) is 19.1 Å². The van der Waals surface area contributed by atoms with Gasteiger partial charge >= 0.3 is 5.97 Å². The lowest BCUT2D eigenvalue weighted by molar-refractivity contribution is -0.128. The molecule has 1 heterocycles. The minimum atomic E-state index is -0.709. The summed E-state index contributed by atoms with van der Waals surface area (Å²) < 4.78 is 20.3. The van der Waals surface area contributed by atoms with Crippen molar-refractivity contribution >= 4 is 17.7 Å². The van der Waals surface area contributed by atoms with Crippen molar-refractivity contribution in [2.75, 3.05) is 6.61 Å². The molecule has 0 aliphatic heterocycles. The van der Waals surface area contributed by atoms with Crippen LogP contribution in [0, 0.1) is 5.82 Å². The van der Waals surface area contributed by atoms with E-state index in [1.54, 1.807) is 16.8 Å². The fourth-order valence-electron chi connectivity index (χ4n) is 4.14. The number of halogens is 1. The van der Waals surface area contributed by atoms with E-state index in [-0.39, 0.29) is 17.3 Å². The molecule has 0 bridgehead atoms. The Bertz CT molecular complexity index is 1190. The molecule has 0 saturated heterocycles. The van der Waals surface area contributed by atoms with Crippen molar-refractivity contribution in [1.82, 2.24) is 15.1 Å². The number of nitrogens with zero attached hydrogens (tertiary/aromatic N) is 2. The predicted molar refractivity (Wildman–Crippen MR) is 123 cm³/mol. The molecule has 8 heteroatoms. The SMILES string of the molecule is CC(=O)C(Cc1ccccc1)NC(=O)COC(=O)c1nn(-c2ccc(F)cc2)c2c1CCCC2. The Morgan fingerprint density at radius 3 is 2.47 bits per heavy atom. The molecule has 1 amide bonds. The second-order valence-corrected chi connectivity index (χ2v) is 8.37. The van der Waals surface area contributed by atoms with Crippen LogP contribution in [0.3, 0.4) is 0 Å². The summed E-state index contributed by atoms with van der Waals surface area (Å²) in [5.41, 5.74) is 3.43. The number of carbonyl (C=O) groups excluding carboxylic acids is 3. The van der Waals surface area contributed by atoms with Gasteiger partial charge in [-0.2, -0.15) is 5.10 Å². The molecule has 1 atom stereocenters. The Morgan fingerprint density at radius 2 is 1.76 bits per heavy atom. The van der Waals surface area contributed by atoms with Crippen LogP contribution >= 0.6 is 0 Å². The summed E-state index contributed by atoms with van der Waals surface area (Å²) >= 11 is 0. The van der Waals surface area contributed by atoms with Crippen LogP contribution in [0.2, 0.25) is 0 Å². The highest BCUT2D eigenvalue weighted by Crippen LogP contribution is 2.27. The van der Waals surface area contributed by atoms with Gasteiger partial charge < -0.3 is 10.1 Å². The summed E-state index contributed by atoms with van der Waals surface area (Å²) in [5.74, 6) is -1.80. The van der Waals surface area contributed by atoms with Crippen molar-refractivity contribution in [2.24, 2.45) is 0 Å². The van der Waals surface area contributed by atoms with Gasteiger partial charge in [-0.15, -0.1) is 0 Å².